The van der Waals surface area contributed by atoms with Crippen LogP contribution in [0.2, 0.25) is 5.02 Å². The second-order valence-corrected chi connectivity index (χ2v) is 6.75. The Kier molecular flexibility index (Phi) is 4.33. The summed E-state index contributed by atoms with van der Waals surface area (Å²) in [5, 5.41) is 1.88. The zero-order valence-corrected chi connectivity index (χ0v) is 14.6. The van der Waals surface area contributed by atoms with Gasteiger partial charge in [0.1, 0.15) is 0 Å². The summed E-state index contributed by atoms with van der Waals surface area (Å²) < 4.78 is 0. The van der Waals surface area contributed by atoms with Gasteiger partial charge in [-0.15, -0.1) is 0 Å². The van der Waals surface area contributed by atoms with Crippen LogP contribution in [-0.4, -0.2) is 28.9 Å². The molecule has 0 saturated carbocycles. The molecule has 3 nitrogen and oxygen atoms in total. The maximum absolute atomic E-state index is 12.5. The number of fused-ring (bicyclic) bond motifs is 1. The van der Waals surface area contributed by atoms with Crippen LogP contribution in [0.25, 0.3) is 16.5 Å². The molecule has 4 rings (SSSR count). The Morgan fingerprint density at radius 2 is 1.96 bits per heavy atom. The molecule has 126 valence electrons. The van der Waals surface area contributed by atoms with Gasteiger partial charge in [-0.05, 0) is 23.6 Å². The van der Waals surface area contributed by atoms with Crippen LogP contribution in [-0.2, 0) is 11.2 Å². The molecule has 1 aliphatic rings. The number of amides is 1. The number of H-pyrrole nitrogens is 1. The molecule has 0 bridgehead atoms. The highest BCUT2D eigenvalue weighted by Gasteiger charge is 2.19. The zero-order valence-electron chi connectivity index (χ0n) is 13.8. The Morgan fingerprint density at radius 3 is 2.72 bits per heavy atom. The SMILES string of the molecule is O=C(Cc1ccccc1)N1CC=C(c2c[nH]c3c(Cl)cccc23)CC1. The first-order valence-corrected chi connectivity index (χ1v) is 8.87. The summed E-state index contributed by atoms with van der Waals surface area (Å²) in [6.45, 7) is 1.42. The van der Waals surface area contributed by atoms with E-state index in [1.165, 1.54) is 11.1 Å². The average molecular weight is 351 g/mol. The summed E-state index contributed by atoms with van der Waals surface area (Å²) in [5.74, 6) is 0.184. The Hall–Kier alpha value is -2.52. The van der Waals surface area contributed by atoms with E-state index in [9.17, 15) is 4.79 Å². The number of rotatable bonds is 3. The molecule has 1 N–H and O–H groups in total. The quantitative estimate of drug-likeness (QED) is 0.731. The molecule has 3 aromatic rings. The summed E-state index contributed by atoms with van der Waals surface area (Å²) >= 11 is 6.25. The fraction of sp³-hybridized carbons (Fsp3) is 0.190. The van der Waals surface area contributed by atoms with Gasteiger partial charge in [0.25, 0.3) is 0 Å². The van der Waals surface area contributed by atoms with Crippen molar-refractivity contribution in [3.05, 3.63) is 77.0 Å². The summed E-state index contributed by atoms with van der Waals surface area (Å²) in [6, 6.07) is 15.9. The van der Waals surface area contributed by atoms with Crippen LogP contribution in [0.4, 0.5) is 0 Å². The molecule has 0 radical (unpaired) electrons. The smallest absolute Gasteiger partial charge is 0.227 e. The predicted molar refractivity (Wildman–Crippen MR) is 103 cm³/mol. The lowest BCUT2D eigenvalue weighted by Crippen LogP contribution is -2.35. The van der Waals surface area contributed by atoms with E-state index >= 15 is 0 Å². The molecule has 0 atom stereocenters. The number of nitrogens with one attached hydrogen (secondary N) is 1. The van der Waals surface area contributed by atoms with E-state index < -0.39 is 0 Å². The van der Waals surface area contributed by atoms with Crippen molar-refractivity contribution in [2.24, 2.45) is 0 Å². The standard InChI is InChI=1S/C21H19ClN2O/c22-19-8-4-7-17-18(14-23-21(17)19)16-9-11-24(12-10-16)20(25)13-15-5-2-1-3-6-15/h1-9,14,23H,10-13H2. The Labute approximate surface area is 151 Å². The van der Waals surface area contributed by atoms with Gasteiger partial charge in [-0.2, -0.15) is 0 Å². The number of carbonyl (C=O) groups excluding carboxylic acids is 1. The van der Waals surface area contributed by atoms with Gasteiger partial charge in [0.15, 0.2) is 0 Å². The number of para-hydroxylation sites is 1. The molecule has 0 spiro atoms. The third-order valence-corrected chi connectivity index (χ3v) is 5.09. The molecule has 2 heterocycles. The van der Waals surface area contributed by atoms with Crippen molar-refractivity contribution in [1.82, 2.24) is 9.88 Å². The van der Waals surface area contributed by atoms with Gasteiger partial charge in [0.05, 0.1) is 17.0 Å². The zero-order chi connectivity index (χ0) is 17.2. The van der Waals surface area contributed by atoms with E-state index in [4.69, 9.17) is 11.6 Å². The fourth-order valence-electron chi connectivity index (χ4n) is 3.41. The van der Waals surface area contributed by atoms with Crippen molar-refractivity contribution in [1.29, 1.82) is 0 Å². The minimum Gasteiger partial charge on any atom is -0.359 e. The van der Waals surface area contributed by atoms with Crippen molar-refractivity contribution in [2.75, 3.05) is 13.1 Å². The molecule has 0 unspecified atom stereocenters. The van der Waals surface area contributed by atoms with Crippen LogP contribution in [0, 0.1) is 0 Å². The highest BCUT2D eigenvalue weighted by Crippen LogP contribution is 2.32. The van der Waals surface area contributed by atoms with Gasteiger partial charge in [0, 0.05) is 30.2 Å². The van der Waals surface area contributed by atoms with Crippen LogP contribution in [0.1, 0.15) is 17.5 Å². The second-order valence-electron chi connectivity index (χ2n) is 6.35. The number of nitrogens with zero attached hydrogens (tertiary/aromatic N) is 1. The molecule has 1 aliphatic heterocycles. The van der Waals surface area contributed by atoms with Crippen LogP contribution in [0.5, 0.6) is 0 Å². The first-order valence-electron chi connectivity index (χ1n) is 8.49. The summed E-state index contributed by atoms with van der Waals surface area (Å²) in [7, 11) is 0. The topological polar surface area (TPSA) is 36.1 Å². The maximum atomic E-state index is 12.5. The molecule has 0 aliphatic carbocycles. The van der Waals surface area contributed by atoms with Gasteiger partial charge in [0.2, 0.25) is 5.91 Å². The van der Waals surface area contributed by atoms with Gasteiger partial charge in [-0.25, -0.2) is 0 Å². The molecular formula is C21H19ClN2O. The second kappa shape index (κ2) is 6.77. The lowest BCUT2D eigenvalue weighted by Gasteiger charge is -2.26. The van der Waals surface area contributed by atoms with Crippen LogP contribution in [0.15, 0.2) is 60.8 Å². The van der Waals surface area contributed by atoms with Crippen LogP contribution in [0.3, 0.4) is 0 Å². The average Bonchev–Trinajstić information content (AvgIpc) is 3.08. The Morgan fingerprint density at radius 1 is 1.12 bits per heavy atom. The largest absolute Gasteiger partial charge is 0.359 e. The number of aromatic nitrogens is 1. The number of hydrogen-bond donors (Lipinski definition) is 1. The fourth-order valence-corrected chi connectivity index (χ4v) is 3.63. The number of benzene rings is 2. The van der Waals surface area contributed by atoms with Crippen LogP contribution < -0.4 is 0 Å². The van der Waals surface area contributed by atoms with E-state index in [1.54, 1.807) is 0 Å². The number of halogens is 1. The van der Waals surface area contributed by atoms with Crippen molar-refractivity contribution in [3.63, 3.8) is 0 Å². The summed E-state index contributed by atoms with van der Waals surface area (Å²) in [4.78, 5) is 17.7. The van der Waals surface area contributed by atoms with Crippen molar-refractivity contribution >= 4 is 34.0 Å². The van der Waals surface area contributed by atoms with E-state index in [2.05, 4.69) is 17.1 Å². The third kappa shape index (κ3) is 3.20. The van der Waals surface area contributed by atoms with Crippen molar-refractivity contribution in [3.8, 4) is 0 Å². The van der Waals surface area contributed by atoms with Gasteiger partial charge in [-0.3, -0.25) is 4.79 Å². The number of aromatic amines is 1. The van der Waals surface area contributed by atoms with Crippen LogP contribution >= 0.6 is 11.6 Å². The van der Waals surface area contributed by atoms with E-state index in [1.807, 2.05) is 53.6 Å². The first-order chi connectivity index (χ1) is 12.2. The molecule has 4 heteroatoms. The van der Waals surface area contributed by atoms with Gasteiger partial charge in [-0.1, -0.05) is 60.1 Å². The summed E-state index contributed by atoms with van der Waals surface area (Å²) in [5.41, 5.74) is 4.50. The minimum absolute atomic E-state index is 0.184. The number of carbonyl (C=O) groups is 1. The molecule has 2 aromatic carbocycles. The molecule has 0 saturated heterocycles. The Bertz CT molecular complexity index is 943. The van der Waals surface area contributed by atoms with E-state index in [-0.39, 0.29) is 5.91 Å². The molecular weight excluding hydrogens is 332 g/mol. The van der Waals surface area contributed by atoms with Gasteiger partial charge >= 0.3 is 0 Å². The van der Waals surface area contributed by atoms with Crippen molar-refractivity contribution in [2.45, 2.75) is 12.8 Å². The predicted octanol–water partition coefficient (Wildman–Crippen LogP) is 4.68. The lowest BCUT2D eigenvalue weighted by molar-refractivity contribution is -0.130. The highest BCUT2D eigenvalue weighted by atomic mass is 35.5. The first kappa shape index (κ1) is 16.0. The maximum Gasteiger partial charge on any atom is 0.227 e. The molecule has 25 heavy (non-hydrogen) atoms. The molecule has 1 amide bonds. The van der Waals surface area contributed by atoms with Crippen molar-refractivity contribution < 1.29 is 4.79 Å². The molecule has 1 aromatic heterocycles. The monoisotopic (exact) mass is 350 g/mol. The van der Waals surface area contributed by atoms with Gasteiger partial charge < -0.3 is 9.88 Å². The Balaban J connectivity index is 1.50. The van der Waals surface area contributed by atoms with E-state index in [0.29, 0.717) is 13.0 Å². The van der Waals surface area contributed by atoms with E-state index in [0.717, 1.165) is 34.5 Å². The normalized spacial score (nSPS) is 14.6. The third-order valence-electron chi connectivity index (χ3n) is 4.77. The molecule has 0 fully saturated rings. The highest BCUT2D eigenvalue weighted by molar-refractivity contribution is 6.35. The summed E-state index contributed by atoms with van der Waals surface area (Å²) in [6.07, 6.45) is 5.51. The number of hydrogen-bond acceptors (Lipinski definition) is 1. The minimum atomic E-state index is 0.184. The lowest BCUT2D eigenvalue weighted by atomic mass is 9.98.